The molecule has 0 aliphatic heterocycles. The summed E-state index contributed by atoms with van der Waals surface area (Å²) < 4.78 is 4.66. The van der Waals surface area contributed by atoms with Gasteiger partial charge < -0.3 is 4.42 Å². The number of hydrogen-bond acceptors (Lipinski definition) is 3. The van der Waals surface area contributed by atoms with Gasteiger partial charge in [0.15, 0.2) is 0 Å². The van der Waals surface area contributed by atoms with Crippen molar-refractivity contribution in [1.82, 2.24) is 4.98 Å². The van der Waals surface area contributed by atoms with Gasteiger partial charge in [0.25, 0.3) is 0 Å². The van der Waals surface area contributed by atoms with Crippen molar-refractivity contribution in [3.63, 3.8) is 0 Å². The zero-order valence-electron chi connectivity index (χ0n) is 5.65. The molecule has 0 bridgehead atoms. The number of rotatable bonds is 0. The van der Waals surface area contributed by atoms with Gasteiger partial charge in [-0.25, -0.2) is 4.79 Å². The average molecular weight is 147 g/mol. The minimum atomic E-state index is -0.315. The van der Waals surface area contributed by atoms with Gasteiger partial charge >= 0.3 is 5.63 Å². The summed E-state index contributed by atoms with van der Waals surface area (Å²) in [7, 11) is 0. The molecule has 0 radical (unpaired) electrons. The van der Waals surface area contributed by atoms with Crippen molar-refractivity contribution < 1.29 is 4.42 Å². The summed E-state index contributed by atoms with van der Waals surface area (Å²) in [5.74, 6) is 0. The highest BCUT2D eigenvalue weighted by atomic mass is 16.4. The molecule has 3 nitrogen and oxygen atoms in total. The van der Waals surface area contributed by atoms with Crippen molar-refractivity contribution in [2.24, 2.45) is 0 Å². The first kappa shape index (κ1) is 6.09. The van der Waals surface area contributed by atoms with Crippen LogP contribution in [0.1, 0.15) is 0 Å². The monoisotopic (exact) mass is 147 g/mol. The normalized spacial score (nSPS) is 10.2. The Morgan fingerprint density at radius 3 is 3.09 bits per heavy atom. The molecule has 0 amide bonds. The van der Waals surface area contributed by atoms with Crippen LogP contribution in [0, 0.1) is 0 Å². The zero-order valence-corrected chi connectivity index (χ0v) is 5.65. The molecule has 0 saturated carbocycles. The van der Waals surface area contributed by atoms with E-state index in [1.807, 2.05) is 0 Å². The van der Waals surface area contributed by atoms with Gasteiger partial charge in [-0.15, -0.1) is 0 Å². The third kappa shape index (κ3) is 0.902. The van der Waals surface area contributed by atoms with E-state index in [1.54, 1.807) is 24.5 Å². The van der Waals surface area contributed by atoms with Crippen LogP contribution in [-0.4, -0.2) is 4.98 Å². The Morgan fingerprint density at radius 2 is 2.27 bits per heavy atom. The maximum absolute atomic E-state index is 11.0. The molecule has 0 N–H and O–H groups in total. The maximum atomic E-state index is 11.0. The SMILES string of the molecule is O=c1occc2cnccc12. The number of hydrogen-bond donors (Lipinski definition) is 0. The molecule has 0 unspecified atom stereocenters. The molecular formula is C8H5NO2. The quantitative estimate of drug-likeness (QED) is 0.562. The number of fused-ring (bicyclic) bond motifs is 1. The fourth-order valence-electron chi connectivity index (χ4n) is 0.958. The minimum Gasteiger partial charge on any atom is -0.431 e. The van der Waals surface area contributed by atoms with Crippen molar-refractivity contribution >= 4 is 10.8 Å². The van der Waals surface area contributed by atoms with Gasteiger partial charge in [0.2, 0.25) is 0 Å². The van der Waals surface area contributed by atoms with Crippen LogP contribution in [0.25, 0.3) is 10.8 Å². The lowest BCUT2D eigenvalue weighted by Gasteiger charge is -1.90. The van der Waals surface area contributed by atoms with E-state index in [0.29, 0.717) is 5.39 Å². The smallest absolute Gasteiger partial charge is 0.343 e. The Balaban J connectivity index is 3.03. The van der Waals surface area contributed by atoms with Gasteiger partial charge in [-0.3, -0.25) is 4.98 Å². The molecule has 2 rings (SSSR count). The molecule has 11 heavy (non-hydrogen) atoms. The molecule has 0 spiro atoms. The summed E-state index contributed by atoms with van der Waals surface area (Å²) >= 11 is 0. The Kier molecular flexibility index (Phi) is 1.22. The fraction of sp³-hybridized carbons (Fsp3) is 0. The predicted molar refractivity (Wildman–Crippen MR) is 40.3 cm³/mol. The zero-order chi connectivity index (χ0) is 7.68. The molecule has 54 valence electrons. The molecule has 2 aromatic rings. The Labute approximate surface area is 62.3 Å². The van der Waals surface area contributed by atoms with Gasteiger partial charge in [-0.05, 0) is 12.1 Å². The van der Waals surface area contributed by atoms with Crippen molar-refractivity contribution in [3.05, 3.63) is 41.2 Å². The molecular weight excluding hydrogens is 142 g/mol. The van der Waals surface area contributed by atoms with Crippen LogP contribution in [0.4, 0.5) is 0 Å². The molecule has 0 atom stereocenters. The third-order valence-corrected chi connectivity index (χ3v) is 1.49. The standard InChI is InChI=1S/C8H5NO2/c10-8-7-1-3-9-5-6(7)2-4-11-8/h1-5H. The highest BCUT2D eigenvalue weighted by Gasteiger charge is 1.95. The van der Waals surface area contributed by atoms with E-state index in [0.717, 1.165) is 5.39 Å². The largest absolute Gasteiger partial charge is 0.431 e. The summed E-state index contributed by atoms with van der Waals surface area (Å²) in [4.78, 5) is 14.9. The van der Waals surface area contributed by atoms with Crippen LogP contribution in [-0.2, 0) is 0 Å². The topological polar surface area (TPSA) is 43.1 Å². The first-order chi connectivity index (χ1) is 5.38. The van der Waals surface area contributed by atoms with Gasteiger partial charge in [0.05, 0.1) is 11.6 Å². The van der Waals surface area contributed by atoms with Crippen LogP contribution < -0.4 is 5.63 Å². The molecule has 0 aliphatic carbocycles. The van der Waals surface area contributed by atoms with Gasteiger partial charge in [0.1, 0.15) is 0 Å². The van der Waals surface area contributed by atoms with E-state index < -0.39 is 0 Å². The van der Waals surface area contributed by atoms with E-state index >= 15 is 0 Å². The van der Waals surface area contributed by atoms with E-state index in [9.17, 15) is 4.79 Å². The lowest BCUT2D eigenvalue weighted by Crippen LogP contribution is -1.97. The lowest BCUT2D eigenvalue weighted by atomic mass is 10.2. The van der Waals surface area contributed by atoms with Gasteiger partial charge in [0, 0.05) is 17.8 Å². The second kappa shape index (κ2) is 2.20. The number of pyridine rings is 1. The molecule has 0 aromatic carbocycles. The van der Waals surface area contributed by atoms with Gasteiger partial charge in [-0.1, -0.05) is 0 Å². The molecule has 0 aliphatic rings. The van der Waals surface area contributed by atoms with Crippen molar-refractivity contribution in [2.75, 3.05) is 0 Å². The minimum absolute atomic E-state index is 0.315. The third-order valence-electron chi connectivity index (χ3n) is 1.49. The first-order valence-corrected chi connectivity index (χ1v) is 3.19. The summed E-state index contributed by atoms with van der Waals surface area (Å²) in [6.07, 6.45) is 4.57. The van der Waals surface area contributed by atoms with Crippen LogP contribution in [0.3, 0.4) is 0 Å². The van der Waals surface area contributed by atoms with E-state index in [-0.39, 0.29) is 5.63 Å². The maximum Gasteiger partial charge on any atom is 0.343 e. The first-order valence-electron chi connectivity index (χ1n) is 3.19. The Hall–Kier alpha value is -1.64. The molecule has 0 fully saturated rings. The highest BCUT2D eigenvalue weighted by Crippen LogP contribution is 2.04. The van der Waals surface area contributed by atoms with Crippen molar-refractivity contribution in [3.8, 4) is 0 Å². The van der Waals surface area contributed by atoms with Crippen molar-refractivity contribution in [1.29, 1.82) is 0 Å². The van der Waals surface area contributed by atoms with Crippen LogP contribution >= 0.6 is 0 Å². The summed E-state index contributed by atoms with van der Waals surface area (Å²) in [5.41, 5.74) is -0.315. The summed E-state index contributed by atoms with van der Waals surface area (Å²) in [5, 5.41) is 1.38. The van der Waals surface area contributed by atoms with E-state index in [1.165, 1.54) is 6.26 Å². The molecule has 0 saturated heterocycles. The lowest BCUT2D eigenvalue weighted by molar-refractivity contribution is 0.519. The van der Waals surface area contributed by atoms with Crippen LogP contribution in [0.2, 0.25) is 0 Å². The summed E-state index contributed by atoms with van der Waals surface area (Å²) in [6, 6.07) is 3.35. The Morgan fingerprint density at radius 1 is 1.36 bits per heavy atom. The summed E-state index contributed by atoms with van der Waals surface area (Å²) in [6.45, 7) is 0. The van der Waals surface area contributed by atoms with E-state index in [4.69, 9.17) is 0 Å². The van der Waals surface area contributed by atoms with E-state index in [2.05, 4.69) is 9.40 Å². The van der Waals surface area contributed by atoms with Crippen LogP contribution in [0.15, 0.2) is 40.0 Å². The fourth-order valence-corrected chi connectivity index (χ4v) is 0.958. The van der Waals surface area contributed by atoms with Crippen LogP contribution in [0.5, 0.6) is 0 Å². The molecule has 2 aromatic heterocycles. The predicted octanol–water partition coefficient (Wildman–Crippen LogP) is 1.19. The van der Waals surface area contributed by atoms with Crippen molar-refractivity contribution in [2.45, 2.75) is 0 Å². The highest BCUT2D eigenvalue weighted by molar-refractivity contribution is 5.79. The molecule has 3 heteroatoms. The van der Waals surface area contributed by atoms with Gasteiger partial charge in [-0.2, -0.15) is 0 Å². The molecule has 2 heterocycles. The second-order valence-electron chi connectivity index (χ2n) is 2.17. The second-order valence-corrected chi connectivity index (χ2v) is 2.17. The number of nitrogens with zero attached hydrogens (tertiary/aromatic N) is 1. The number of aromatic nitrogens is 1. The Bertz CT molecular complexity index is 428. The average Bonchev–Trinajstić information content (AvgIpc) is 2.06.